The van der Waals surface area contributed by atoms with Crippen molar-refractivity contribution in [3.8, 4) is 0 Å². The van der Waals surface area contributed by atoms with Crippen LogP contribution in [-0.4, -0.2) is 17.9 Å². The van der Waals surface area contributed by atoms with Crippen molar-refractivity contribution in [2.24, 2.45) is 0 Å². The van der Waals surface area contributed by atoms with E-state index in [0.29, 0.717) is 12.1 Å². The first-order chi connectivity index (χ1) is 8.08. The Labute approximate surface area is 97.2 Å². The summed E-state index contributed by atoms with van der Waals surface area (Å²) in [6.45, 7) is 0. The molecule has 1 fully saturated rings. The second-order valence-corrected chi connectivity index (χ2v) is 3.85. The maximum atomic E-state index is 13.2. The van der Waals surface area contributed by atoms with Gasteiger partial charge in [-0.3, -0.25) is 14.9 Å². The van der Waals surface area contributed by atoms with Crippen molar-refractivity contribution in [3.05, 3.63) is 24.0 Å². The number of amides is 2. The first kappa shape index (κ1) is 11.4. The third-order valence-corrected chi connectivity index (χ3v) is 2.62. The fourth-order valence-corrected chi connectivity index (χ4v) is 1.68. The maximum absolute atomic E-state index is 13.2. The van der Waals surface area contributed by atoms with Crippen LogP contribution >= 0.6 is 0 Å². The lowest BCUT2D eigenvalue weighted by Gasteiger charge is -2.23. The topological polar surface area (TPSA) is 84.2 Å². The van der Waals surface area contributed by atoms with Crippen molar-refractivity contribution >= 4 is 23.2 Å². The van der Waals surface area contributed by atoms with Gasteiger partial charge in [-0.2, -0.15) is 0 Å². The molecule has 1 heterocycles. The van der Waals surface area contributed by atoms with Gasteiger partial charge in [0.25, 0.3) is 0 Å². The van der Waals surface area contributed by atoms with Crippen LogP contribution in [0.2, 0.25) is 0 Å². The highest BCUT2D eigenvalue weighted by atomic mass is 19.1. The summed E-state index contributed by atoms with van der Waals surface area (Å²) in [5.41, 5.74) is 5.87. The first-order valence-electron chi connectivity index (χ1n) is 5.22. The molecule has 2 amide bonds. The number of carbonyl (C=O) groups excluding carboxylic acids is 2. The van der Waals surface area contributed by atoms with Crippen LogP contribution in [0, 0.1) is 5.82 Å². The third kappa shape index (κ3) is 2.35. The van der Waals surface area contributed by atoms with Crippen LogP contribution in [0.3, 0.4) is 0 Å². The molecule has 2 rings (SSSR count). The average molecular weight is 237 g/mol. The van der Waals surface area contributed by atoms with Crippen LogP contribution in [0.5, 0.6) is 0 Å². The fraction of sp³-hybridized carbons (Fsp3) is 0.273. The summed E-state index contributed by atoms with van der Waals surface area (Å²) < 4.78 is 13.2. The van der Waals surface area contributed by atoms with E-state index in [-0.39, 0.29) is 18.0 Å². The number of halogens is 1. The normalized spacial score (nSPS) is 19.9. The van der Waals surface area contributed by atoms with Gasteiger partial charge in [-0.1, -0.05) is 6.07 Å². The number of nitrogens with two attached hydrogens (primary N) is 1. The summed E-state index contributed by atoms with van der Waals surface area (Å²) >= 11 is 0. The lowest BCUT2D eigenvalue weighted by molar-refractivity contribution is -0.133. The molecule has 1 unspecified atom stereocenters. The summed E-state index contributed by atoms with van der Waals surface area (Å²) in [7, 11) is 0. The minimum absolute atomic E-state index is 0.0304. The van der Waals surface area contributed by atoms with Crippen molar-refractivity contribution in [2.45, 2.75) is 18.9 Å². The molecule has 5 nitrogen and oxygen atoms in total. The lowest BCUT2D eigenvalue weighted by Crippen LogP contribution is -2.47. The minimum atomic E-state index is -0.559. The largest absolute Gasteiger partial charge is 0.395 e. The first-order valence-corrected chi connectivity index (χ1v) is 5.22. The van der Waals surface area contributed by atoms with Crippen LogP contribution in [0.25, 0.3) is 0 Å². The number of anilines is 2. The van der Waals surface area contributed by atoms with Gasteiger partial charge < -0.3 is 11.1 Å². The molecule has 6 heteroatoms. The Balaban J connectivity index is 2.13. The zero-order chi connectivity index (χ0) is 12.4. The zero-order valence-electron chi connectivity index (χ0n) is 9.00. The highest BCUT2D eigenvalue weighted by Gasteiger charge is 2.26. The number of imide groups is 1. The van der Waals surface area contributed by atoms with Crippen LogP contribution in [0.15, 0.2) is 18.2 Å². The van der Waals surface area contributed by atoms with Crippen LogP contribution in [0.4, 0.5) is 15.8 Å². The van der Waals surface area contributed by atoms with E-state index in [1.807, 2.05) is 0 Å². The lowest BCUT2D eigenvalue weighted by atomic mass is 10.1. The van der Waals surface area contributed by atoms with E-state index < -0.39 is 17.8 Å². The Kier molecular flexibility index (Phi) is 2.95. The van der Waals surface area contributed by atoms with Gasteiger partial charge in [0.15, 0.2) is 0 Å². The monoisotopic (exact) mass is 237 g/mol. The standard InChI is InChI=1S/C11H12FN3O2/c12-6-2-1-3-7(10(6)13)14-8-4-5-9(16)15-11(8)17/h1-3,8,14H,4-5,13H2,(H,15,16,17). The fourth-order valence-electron chi connectivity index (χ4n) is 1.68. The van der Waals surface area contributed by atoms with Crippen molar-refractivity contribution in [3.63, 3.8) is 0 Å². The van der Waals surface area contributed by atoms with Crippen molar-refractivity contribution in [1.82, 2.24) is 5.32 Å². The average Bonchev–Trinajstić information content (AvgIpc) is 2.28. The second-order valence-electron chi connectivity index (χ2n) is 3.85. The van der Waals surface area contributed by atoms with Crippen LogP contribution < -0.4 is 16.4 Å². The molecule has 0 bridgehead atoms. The van der Waals surface area contributed by atoms with E-state index in [0.717, 1.165) is 0 Å². The smallest absolute Gasteiger partial charge is 0.249 e. The molecule has 1 aromatic carbocycles. The highest BCUT2D eigenvalue weighted by Crippen LogP contribution is 2.23. The van der Waals surface area contributed by atoms with E-state index in [2.05, 4.69) is 10.6 Å². The summed E-state index contributed by atoms with van der Waals surface area (Å²) in [6.07, 6.45) is 0.638. The Hall–Kier alpha value is -2.11. The number of benzene rings is 1. The highest BCUT2D eigenvalue weighted by molar-refractivity contribution is 6.01. The number of nitrogens with one attached hydrogen (secondary N) is 2. The van der Waals surface area contributed by atoms with Crippen LogP contribution in [0.1, 0.15) is 12.8 Å². The quantitative estimate of drug-likeness (QED) is 0.520. The number of hydrogen-bond acceptors (Lipinski definition) is 4. The minimum Gasteiger partial charge on any atom is -0.395 e. The molecule has 90 valence electrons. The predicted molar refractivity (Wildman–Crippen MR) is 60.6 cm³/mol. The Morgan fingerprint density at radius 2 is 2.18 bits per heavy atom. The molecule has 1 aliphatic heterocycles. The molecular weight excluding hydrogens is 225 g/mol. The Morgan fingerprint density at radius 3 is 2.88 bits per heavy atom. The van der Waals surface area contributed by atoms with Gasteiger partial charge in [-0.25, -0.2) is 4.39 Å². The molecule has 0 radical (unpaired) electrons. The summed E-state index contributed by atoms with van der Waals surface area (Å²) in [4.78, 5) is 22.4. The van der Waals surface area contributed by atoms with Gasteiger partial charge in [-0.15, -0.1) is 0 Å². The van der Waals surface area contributed by atoms with Gasteiger partial charge in [0, 0.05) is 6.42 Å². The number of rotatable bonds is 2. The molecule has 1 aromatic rings. The molecular formula is C11H12FN3O2. The molecule has 1 saturated heterocycles. The van der Waals surface area contributed by atoms with Crippen molar-refractivity contribution < 1.29 is 14.0 Å². The molecule has 0 aliphatic carbocycles. The third-order valence-electron chi connectivity index (χ3n) is 2.62. The van der Waals surface area contributed by atoms with E-state index in [9.17, 15) is 14.0 Å². The number of para-hydroxylation sites is 1. The molecule has 4 N–H and O–H groups in total. The molecule has 17 heavy (non-hydrogen) atoms. The molecule has 1 atom stereocenters. The van der Waals surface area contributed by atoms with Gasteiger partial charge in [0.05, 0.1) is 11.4 Å². The van der Waals surface area contributed by atoms with Crippen molar-refractivity contribution in [2.75, 3.05) is 11.1 Å². The predicted octanol–water partition coefficient (Wildman–Crippen LogP) is 0.625. The molecule has 0 spiro atoms. The summed E-state index contributed by atoms with van der Waals surface area (Å²) in [5.74, 6) is -1.24. The van der Waals surface area contributed by atoms with Gasteiger partial charge in [-0.05, 0) is 18.6 Å². The number of piperidine rings is 1. The molecule has 0 saturated carbocycles. The molecule has 0 aromatic heterocycles. The summed E-state index contributed by atoms with van der Waals surface area (Å²) in [6, 6.07) is 3.77. The van der Waals surface area contributed by atoms with Gasteiger partial charge in [0.1, 0.15) is 11.9 Å². The van der Waals surface area contributed by atoms with E-state index in [4.69, 9.17) is 5.73 Å². The van der Waals surface area contributed by atoms with Crippen LogP contribution in [-0.2, 0) is 9.59 Å². The van der Waals surface area contributed by atoms with Gasteiger partial charge in [0.2, 0.25) is 11.8 Å². The molecule has 1 aliphatic rings. The van der Waals surface area contributed by atoms with Crippen molar-refractivity contribution in [1.29, 1.82) is 0 Å². The van der Waals surface area contributed by atoms with Gasteiger partial charge >= 0.3 is 0 Å². The zero-order valence-corrected chi connectivity index (χ0v) is 9.00. The number of hydrogen-bond donors (Lipinski definition) is 3. The van der Waals surface area contributed by atoms with E-state index >= 15 is 0 Å². The number of carbonyl (C=O) groups is 2. The van der Waals surface area contributed by atoms with E-state index in [1.54, 1.807) is 6.07 Å². The SMILES string of the molecule is Nc1c(F)cccc1NC1CCC(=O)NC1=O. The Morgan fingerprint density at radius 1 is 1.41 bits per heavy atom. The van der Waals surface area contributed by atoms with E-state index in [1.165, 1.54) is 12.1 Å². The second kappa shape index (κ2) is 4.40. The summed E-state index contributed by atoms with van der Waals surface area (Å²) in [5, 5.41) is 5.04. The Bertz CT molecular complexity index is 476. The maximum Gasteiger partial charge on any atom is 0.249 e. The number of nitrogen functional groups attached to an aromatic ring is 1.